The van der Waals surface area contributed by atoms with E-state index in [-0.39, 0.29) is 0 Å². The second kappa shape index (κ2) is 9.60. The molecule has 0 saturated heterocycles. The van der Waals surface area contributed by atoms with E-state index < -0.39 is 0 Å². The summed E-state index contributed by atoms with van der Waals surface area (Å²) in [6, 6.07) is 11.1. The maximum absolute atomic E-state index is 2.45. The molecular weight excluding hydrogens is 252 g/mol. The Morgan fingerprint density at radius 2 is 1.67 bits per heavy atom. The topological polar surface area (TPSA) is 0 Å². The van der Waals surface area contributed by atoms with Crippen molar-refractivity contribution in [3.05, 3.63) is 59.7 Å². The Morgan fingerprint density at radius 3 is 2.38 bits per heavy atom. The molecule has 21 heavy (non-hydrogen) atoms. The van der Waals surface area contributed by atoms with E-state index >= 15 is 0 Å². The molecule has 1 aliphatic rings. The van der Waals surface area contributed by atoms with Gasteiger partial charge < -0.3 is 0 Å². The average molecular weight is 282 g/mol. The lowest BCUT2D eigenvalue weighted by molar-refractivity contribution is 0.566. The van der Waals surface area contributed by atoms with Crippen LogP contribution in [0.5, 0.6) is 0 Å². The molecule has 0 amide bonds. The highest BCUT2D eigenvalue weighted by molar-refractivity contribution is 5.36. The fraction of sp³-hybridized carbons (Fsp3) is 0.524. The fourth-order valence-corrected chi connectivity index (χ4v) is 3.23. The van der Waals surface area contributed by atoms with Gasteiger partial charge in [-0.2, -0.15) is 0 Å². The normalized spacial score (nSPS) is 15.8. The number of hydrogen-bond acceptors (Lipinski definition) is 0. The van der Waals surface area contributed by atoms with Crippen LogP contribution in [0.25, 0.3) is 0 Å². The van der Waals surface area contributed by atoms with E-state index in [1.807, 2.05) is 0 Å². The molecule has 1 aromatic carbocycles. The van der Waals surface area contributed by atoms with Crippen molar-refractivity contribution in [2.45, 2.75) is 70.6 Å². The SMILES string of the molecule is CCCCCCCCC(C1=CCCC=C1)c1ccccc1. The predicted molar refractivity (Wildman–Crippen MR) is 93.6 cm³/mol. The molecule has 0 nitrogen and oxygen atoms in total. The Hall–Kier alpha value is -1.30. The van der Waals surface area contributed by atoms with Crippen LogP contribution in [0, 0.1) is 0 Å². The van der Waals surface area contributed by atoms with E-state index in [4.69, 9.17) is 0 Å². The van der Waals surface area contributed by atoms with E-state index in [0.717, 1.165) is 0 Å². The van der Waals surface area contributed by atoms with Gasteiger partial charge in [0, 0.05) is 5.92 Å². The summed E-state index contributed by atoms with van der Waals surface area (Å²) in [7, 11) is 0. The van der Waals surface area contributed by atoms with Crippen molar-refractivity contribution in [2.24, 2.45) is 0 Å². The summed E-state index contributed by atoms with van der Waals surface area (Å²) in [6.07, 6.45) is 19.2. The third-order valence-electron chi connectivity index (χ3n) is 4.47. The summed E-state index contributed by atoms with van der Waals surface area (Å²) in [5.74, 6) is 0.605. The van der Waals surface area contributed by atoms with Crippen LogP contribution in [0.4, 0.5) is 0 Å². The largest absolute Gasteiger partial charge is 0.0839 e. The van der Waals surface area contributed by atoms with Crippen molar-refractivity contribution in [3.63, 3.8) is 0 Å². The lowest BCUT2D eigenvalue weighted by Gasteiger charge is -2.21. The summed E-state index contributed by atoms with van der Waals surface area (Å²) in [4.78, 5) is 0. The molecule has 1 unspecified atom stereocenters. The highest BCUT2D eigenvalue weighted by Gasteiger charge is 2.15. The first-order chi connectivity index (χ1) is 10.4. The number of rotatable bonds is 9. The quantitative estimate of drug-likeness (QED) is 0.437. The van der Waals surface area contributed by atoms with Crippen molar-refractivity contribution in [2.75, 3.05) is 0 Å². The van der Waals surface area contributed by atoms with Crippen LogP contribution in [0.3, 0.4) is 0 Å². The van der Waals surface area contributed by atoms with Crippen LogP contribution in [0.2, 0.25) is 0 Å². The summed E-state index contributed by atoms with van der Waals surface area (Å²) < 4.78 is 0. The zero-order chi connectivity index (χ0) is 14.8. The van der Waals surface area contributed by atoms with Gasteiger partial charge in [0.05, 0.1) is 0 Å². The first-order valence-corrected chi connectivity index (χ1v) is 8.83. The van der Waals surface area contributed by atoms with Crippen molar-refractivity contribution in [1.82, 2.24) is 0 Å². The van der Waals surface area contributed by atoms with Gasteiger partial charge in [0.1, 0.15) is 0 Å². The highest BCUT2D eigenvalue weighted by atomic mass is 14.2. The number of hydrogen-bond donors (Lipinski definition) is 0. The van der Waals surface area contributed by atoms with Gasteiger partial charge in [-0.3, -0.25) is 0 Å². The molecular formula is C21H30. The number of allylic oxidation sites excluding steroid dienone is 4. The van der Waals surface area contributed by atoms with E-state index in [9.17, 15) is 0 Å². The zero-order valence-electron chi connectivity index (χ0n) is 13.6. The minimum Gasteiger partial charge on any atom is -0.0839 e. The molecule has 0 heteroatoms. The summed E-state index contributed by atoms with van der Waals surface area (Å²) in [5, 5.41) is 0. The van der Waals surface area contributed by atoms with Crippen LogP contribution < -0.4 is 0 Å². The van der Waals surface area contributed by atoms with Crippen molar-refractivity contribution < 1.29 is 0 Å². The summed E-state index contributed by atoms with van der Waals surface area (Å²) >= 11 is 0. The molecule has 0 spiro atoms. The van der Waals surface area contributed by atoms with Crippen LogP contribution in [0.1, 0.15) is 76.2 Å². The van der Waals surface area contributed by atoms with Gasteiger partial charge in [0.15, 0.2) is 0 Å². The van der Waals surface area contributed by atoms with Gasteiger partial charge in [0.2, 0.25) is 0 Å². The van der Waals surface area contributed by atoms with Gasteiger partial charge in [-0.05, 0) is 30.4 Å². The third-order valence-corrected chi connectivity index (χ3v) is 4.47. The Kier molecular flexibility index (Phi) is 7.35. The Labute approximate surface area is 131 Å². The van der Waals surface area contributed by atoms with E-state index in [1.54, 1.807) is 5.57 Å². The first kappa shape index (κ1) is 16.1. The smallest absolute Gasteiger partial charge is 0.00860 e. The molecule has 0 fully saturated rings. The van der Waals surface area contributed by atoms with Crippen molar-refractivity contribution >= 4 is 0 Å². The van der Waals surface area contributed by atoms with E-state index in [1.165, 1.54) is 63.4 Å². The molecule has 114 valence electrons. The lowest BCUT2D eigenvalue weighted by atomic mass is 9.84. The number of benzene rings is 1. The van der Waals surface area contributed by atoms with E-state index in [0.29, 0.717) is 5.92 Å². The van der Waals surface area contributed by atoms with Gasteiger partial charge in [-0.25, -0.2) is 0 Å². The van der Waals surface area contributed by atoms with Crippen LogP contribution >= 0.6 is 0 Å². The average Bonchev–Trinajstić information content (AvgIpc) is 2.56. The third kappa shape index (κ3) is 5.53. The minimum atomic E-state index is 0.605. The maximum Gasteiger partial charge on any atom is 0.00860 e. The molecule has 1 aliphatic carbocycles. The Morgan fingerprint density at radius 1 is 0.905 bits per heavy atom. The van der Waals surface area contributed by atoms with Gasteiger partial charge in [-0.1, -0.05) is 94.0 Å². The molecule has 0 aromatic heterocycles. The zero-order valence-corrected chi connectivity index (χ0v) is 13.6. The van der Waals surface area contributed by atoms with Crippen LogP contribution in [-0.4, -0.2) is 0 Å². The standard InChI is InChI=1S/C21H30/c1-2-3-4-5-6-13-18-21(19-14-9-7-10-15-19)20-16-11-8-12-17-20/h7,9-11,14-17,21H,2-6,8,12-13,18H2,1H3. The first-order valence-electron chi connectivity index (χ1n) is 8.83. The lowest BCUT2D eigenvalue weighted by Crippen LogP contribution is -2.03. The minimum absolute atomic E-state index is 0.605. The molecule has 0 N–H and O–H groups in total. The second-order valence-corrected chi connectivity index (χ2v) is 6.20. The second-order valence-electron chi connectivity index (χ2n) is 6.20. The molecule has 0 saturated carbocycles. The van der Waals surface area contributed by atoms with Crippen LogP contribution in [-0.2, 0) is 0 Å². The molecule has 0 aliphatic heterocycles. The van der Waals surface area contributed by atoms with Crippen molar-refractivity contribution in [3.8, 4) is 0 Å². The molecule has 1 atom stereocenters. The Balaban J connectivity index is 1.90. The molecule has 0 radical (unpaired) electrons. The summed E-state index contributed by atoms with van der Waals surface area (Å²) in [5.41, 5.74) is 3.03. The van der Waals surface area contributed by atoms with E-state index in [2.05, 4.69) is 55.5 Å². The molecule has 0 heterocycles. The fourth-order valence-electron chi connectivity index (χ4n) is 3.23. The van der Waals surface area contributed by atoms with Crippen LogP contribution in [0.15, 0.2) is 54.1 Å². The summed E-state index contributed by atoms with van der Waals surface area (Å²) in [6.45, 7) is 2.29. The maximum atomic E-state index is 2.45. The molecule has 2 rings (SSSR count). The Bertz CT molecular complexity index is 438. The number of unbranched alkanes of at least 4 members (excludes halogenated alkanes) is 5. The van der Waals surface area contributed by atoms with Gasteiger partial charge in [0.25, 0.3) is 0 Å². The predicted octanol–water partition coefficient (Wildman–Crippen LogP) is 6.80. The molecule has 1 aromatic rings. The molecule has 0 bridgehead atoms. The monoisotopic (exact) mass is 282 g/mol. The van der Waals surface area contributed by atoms with Gasteiger partial charge >= 0.3 is 0 Å². The van der Waals surface area contributed by atoms with Gasteiger partial charge in [-0.15, -0.1) is 0 Å². The van der Waals surface area contributed by atoms with Crippen molar-refractivity contribution in [1.29, 1.82) is 0 Å². The highest BCUT2D eigenvalue weighted by Crippen LogP contribution is 2.32.